The second-order valence-electron chi connectivity index (χ2n) is 7.15. The third-order valence-corrected chi connectivity index (χ3v) is 6.25. The third kappa shape index (κ3) is 3.49. The number of para-hydroxylation sites is 1. The Hall–Kier alpha value is -3.09. The molecular formula is C18H19N6O7P. The summed E-state index contributed by atoms with van der Waals surface area (Å²) in [6, 6.07) is 6.78. The zero-order valence-electron chi connectivity index (χ0n) is 16.7. The van der Waals surface area contributed by atoms with E-state index in [1.807, 2.05) is 0 Å². The smallest absolute Gasteiger partial charge is 0.451 e. The van der Waals surface area contributed by atoms with Crippen molar-refractivity contribution in [1.29, 1.82) is 0 Å². The number of phosphoric acid groups is 1. The lowest BCUT2D eigenvalue weighted by molar-refractivity contribution is -0.0666. The second kappa shape index (κ2) is 7.80. The van der Waals surface area contributed by atoms with E-state index < -0.39 is 38.3 Å². The van der Waals surface area contributed by atoms with Gasteiger partial charge in [-0.15, -0.1) is 0 Å². The maximum atomic E-state index is 13.0. The lowest BCUT2D eigenvalue weighted by atomic mass is 10.1. The van der Waals surface area contributed by atoms with Crippen LogP contribution >= 0.6 is 7.82 Å². The topological polar surface area (TPSA) is 173 Å². The largest absolute Gasteiger partial charge is 0.472 e. The molecule has 0 saturated carbocycles. The SMILES string of the molecule is CNc1ccccc1C(=O)O[C@@H]1[C@@H]2OP(=O)(O)OC[C@H]2O[C@H]1n1cnc2c(N)ncnc21. The first-order valence-corrected chi connectivity index (χ1v) is 11.1. The van der Waals surface area contributed by atoms with E-state index in [-0.39, 0.29) is 18.0 Å². The number of phosphoric ester groups is 1. The molecule has 2 aliphatic rings. The van der Waals surface area contributed by atoms with E-state index in [9.17, 15) is 14.3 Å². The second-order valence-corrected chi connectivity index (χ2v) is 8.55. The molecule has 0 radical (unpaired) electrons. The number of aromatic nitrogens is 4. The van der Waals surface area contributed by atoms with Gasteiger partial charge in [0, 0.05) is 12.7 Å². The van der Waals surface area contributed by atoms with E-state index in [2.05, 4.69) is 20.3 Å². The average Bonchev–Trinajstić information content (AvgIpc) is 3.35. The Morgan fingerprint density at radius 3 is 2.97 bits per heavy atom. The van der Waals surface area contributed by atoms with Crippen LogP contribution in [0.5, 0.6) is 0 Å². The number of imidazole rings is 1. The number of carbonyl (C=O) groups excluding carboxylic acids is 1. The first-order valence-electron chi connectivity index (χ1n) is 9.60. The summed E-state index contributed by atoms with van der Waals surface area (Å²) in [6.45, 7) is -0.222. The van der Waals surface area contributed by atoms with Crippen molar-refractivity contribution in [1.82, 2.24) is 19.5 Å². The van der Waals surface area contributed by atoms with Crippen molar-refractivity contribution in [3.63, 3.8) is 0 Å². The molecule has 0 bridgehead atoms. The van der Waals surface area contributed by atoms with Crippen LogP contribution in [-0.4, -0.2) is 62.3 Å². The number of ether oxygens (including phenoxy) is 2. The number of anilines is 2. The molecule has 4 N–H and O–H groups in total. The Bertz CT molecular complexity index is 1240. The highest BCUT2D eigenvalue weighted by molar-refractivity contribution is 7.47. The summed E-state index contributed by atoms with van der Waals surface area (Å²) in [5.74, 6) is -0.504. The highest BCUT2D eigenvalue weighted by atomic mass is 31.2. The van der Waals surface area contributed by atoms with Crippen LogP contribution in [0, 0.1) is 0 Å². The first kappa shape index (κ1) is 20.8. The van der Waals surface area contributed by atoms with E-state index >= 15 is 0 Å². The Balaban J connectivity index is 1.54. The van der Waals surface area contributed by atoms with Crippen LogP contribution in [0.25, 0.3) is 11.2 Å². The fraction of sp³-hybridized carbons (Fsp3) is 0.333. The quantitative estimate of drug-likeness (QED) is 0.373. The molecule has 1 aromatic carbocycles. The van der Waals surface area contributed by atoms with Crippen LogP contribution in [0.4, 0.5) is 11.5 Å². The molecule has 2 fully saturated rings. The molecule has 0 amide bonds. The van der Waals surface area contributed by atoms with E-state index in [4.69, 9.17) is 24.3 Å². The molecule has 3 aromatic rings. The van der Waals surface area contributed by atoms with Crippen molar-refractivity contribution in [3.05, 3.63) is 42.5 Å². The number of hydrogen-bond donors (Lipinski definition) is 3. The molecule has 1 unspecified atom stereocenters. The minimum absolute atomic E-state index is 0.167. The Kier molecular flexibility index (Phi) is 5.07. The molecule has 5 atom stereocenters. The van der Waals surface area contributed by atoms with E-state index in [1.165, 1.54) is 17.2 Å². The molecule has 13 nitrogen and oxygen atoms in total. The summed E-state index contributed by atoms with van der Waals surface area (Å²) in [4.78, 5) is 35.2. The number of fused-ring (bicyclic) bond motifs is 2. The van der Waals surface area contributed by atoms with Gasteiger partial charge in [-0.3, -0.25) is 13.6 Å². The van der Waals surface area contributed by atoms with Crippen molar-refractivity contribution in [2.75, 3.05) is 24.7 Å². The number of nitrogens with two attached hydrogens (primary N) is 1. The predicted molar refractivity (Wildman–Crippen MR) is 109 cm³/mol. The fourth-order valence-electron chi connectivity index (χ4n) is 3.79. The van der Waals surface area contributed by atoms with Crippen LogP contribution < -0.4 is 11.1 Å². The van der Waals surface area contributed by atoms with Gasteiger partial charge in [-0.2, -0.15) is 0 Å². The predicted octanol–water partition coefficient (Wildman–Crippen LogP) is 1.09. The maximum Gasteiger partial charge on any atom is 0.472 e. The molecular weight excluding hydrogens is 443 g/mol. The van der Waals surface area contributed by atoms with Gasteiger partial charge in [-0.1, -0.05) is 12.1 Å². The van der Waals surface area contributed by atoms with Gasteiger partial charge in [0.15, 0.2) is 23.8 Å². The Labute approximate surface area is 181 Å². The number of nitrogens with zero attached hydrogens (tertiary/aromatic N) is 4. The Morgan fingerprint density at radius 2 is 2.16 bits per heavy atom. The van der Waals surface area contributed by atoms with Gasteiger partial charge in [0.25, 0.3) is 0 Å². The number of esters is 1. The molecule has 32 heavy (non-hydrogen) atoms. The summed E-state index contributed by atoms with van der Waals surface area (Å²) in [7, 11) is -2.66. The van der Waals surface area contributed by atoms with Gasteiger partial charge in [-0.05, 0) is 12.1 Å². The summed E-state index contributed by atoms with van der Waals surface area (Å²) < 4.78 is 35.5. The van der Waals surface area contributed by atoms with Crippen molar-refractivity contribution < 1.29 is 32.8 Å². The number of rotatable bonds is 4. The number of hydrogen-bond acceptors (Lipinski definition) is 11. The van der Waals surface area contributed by atoms with Gasteiger partial charge in [0.2, 0.25) is 0 Å². The normalized spacial score (nSPS) is 29.6. The summed E-state index contributed by atoms with van der Waals surface area (Å²) >= 11 is 0. The molecule has 0 spiro atoms. The molecule has 14 heteroatoms. The van der Waals surface area contributed by atoms with Gasteiger partial charge in [-0.25, -0.2) is 24.3 Å². The van der Waals surface area contributed by atoms with Crippen molar-refractivity contribution in [2.45, 2.75) is 24.5 Å². The first-order chi connectivity index (χ1) is 15.4. The highest BCUT2D eigenvalue weighted by Gasteiger charge is 2.55. The highest BCUT2D eigenvalue weighted by Crippen LogP contribution is 2.53. The van der Waals surface area contributed by atoms with Crippen molar-refractivity contribution in [2.24, 2.45) is 0 Å². The van der Waals surface area contributed by atoms with E-state index in [0.717, 1.165) is 0 Å². The minimum Gasteiger partial charge on any atom is -0.451 e. The molecule has 2 aliphatic heterocycles. The molecule has 2 saturated heterocycles. The van der Waals surface area contributed by atoms with E-state index in [1.54, 1.807) is 31.3 Å². The zero-order chi connectivity index (χ0) is 22.5. The summed E-state index contributed by atoms with van der Waals surface area (Å²) in [5, 5.41) is 2.93. The van der Waals surface area contributed by atoms with Crippen molar-refractivity contribution in [3.8, 4) is 0 Å². The lowest BCUT2D eigenvalue weighted by Gasteiger charge is -2.29. The summed E-state index contributed by atoms with van der Waals surface area (Å²) in [6.07, 6.45) is -1.24. The van der Waals surface area contributed by atoms with Crippen LogP contribution in [0.1, 0.15) is 16.6 Å². The van der Waals surface area contributed by atoms with Gasteiger partial charge in [0.1, 0.15) is 24.1 Å². The summed E-state index contributed by atoms with van der Waals surface area (Å²) in [5.41, 5.74) is 7.37. The number of nitrogens with one attached hydrogen (secondary N) is 1. The number of carbonyl (C=O) groups is 1. The van der Waals surface area contributed by atoms with Crippen molar-refractivity contribution >= 4 is 36.5 Å². The Morgan fingerprint density at radius 1 is 1.34 bits per heavy atom. The van der Waals surface area contributed by atoms with Crippen LogP contribution in [0.2, 0.25) is 0 Å². The minimum atomic E-state index is -4.34. The maximum absolute atomic E-state index is 13.0. The standard InChI is InChI=1S/C18H19N6O7P/c1-20-10-5-3-2-4-9(10)18(25)30-14-13-11(6-28-32(26,27)31-13)29-17(14)24-8-23-12-15(19)21-7-22-16(12)24/h2-5,7-8,11,13-14,17,20H,6H2,1H3,(H,26,27)(H2,19,21,22)/t11-,13-,14-,17-/m1/s1. The number of nitrogen functional groups attached to an aromatic ring is 1. The van der Waals surface area contributed by atoms with Crippen LogP contribution in [-0.2, 0) is 23.1 Å². The third-order valence-electron chi connectivity index (χ3n) is 5.26. The molecule has 5 rings (SSSR count). The molecule has 168 valence electrons. The molecule has 2 aromatic heterocycles. The molecule has 4 heterocycles. The van der Waals surface area contributed by atoms with E-state index in [0.29, 0.717) is 16.9 Å². The van der Waals surface area contributed by atoms with Gasteiger partial charge in [0.05, 0.1) is 18.5 Å². The number of benzene rings is 1. The average molecular weight is 462 g/mol. The lowest BCUT2D eigenvalue weighted by Crippen LogP contribution is -2.41. The monoisotopic (exact) mass is 462 g/mol. The van der Waals surface area contributed by atoms with Gasteiger partial charge < -0.3 is 25.4 Å². The van der Waals surface area contributed by atoms with Gasteiger partial charge >= 0.3 is 13.8 Å². The fourth-order valence-corrected chi connectivity index (χ4v) is 4.75. The van der Waals surface area contributed by atoms with Crippen LogP contribution in [0.15, 0.2) is 36.9 Å². The zero-order valence-corrected chi connectivity index (χ0v) is 17.6. The molecule has 0 aliphatic carbocycles. The van der Waals surface area contributed by atoms with Crippen LogP contribution in [0.3, 0.4) is 0 Å².